The van der Waals surface area contributed by atoms with E-state index < -0.39 is 5.91 Å². The first-order valence-corrected chi connectivity index (χ1v) is 3.14. The van der Waals surface area contributed by atoms with Crippen LogP contribution in [0.2, 0.25) is 0 Å². The third kappa shape index (κ3) is 1.02. The van der Waals surface area contributed by atoms with Gasteiger partial charge < -0.3 is 5.73 Å². The smallest absolute Gasteiger partial charge is 0.253 e. The molecule has 2 N–H and O–H groups in total. The van der Waals surface area contributed by atoms with E-state index in [1.54, 1.807) is 5.38 Å². The molecular weight excluding hydrogens is 138 g/mol. The third-order valence-corrected chi connectivity index (χ3v) is 1.60. The van der Waals surface area contributed by atoms with E-state index in [0.717, 1.165) is 11.3 Å². The highest BCUT2D eigenvalue weighted by atomic mass is 32.1. The molecule has 1 amide bonds. The van der Waals surface area contributed by atoms with Crippen LogP contribution in [0.3, 0.4) is 0 Å². The molecule has 1 aromatic rings. The summed E-state index contributed by atoms with van der Waals surface area (Å²) in [5, 5.41) is 11.9. The summed E-state index contributed by atoms with van der Waals surface area (Å²) in [7, 11) is 0. The Morgan fingerprint density at radius 3 is 2.56 bits per heavy atom. The summed E-state index contributed by atoms with van der Waals surface area (Å²) >= 11 is 0.976. The molecule has 0 aliphatic heterocycles. The molecule has 0 unspecified atom stereocenters. The van der Waals surface area contributed by atoms with Crippen LogP contribution in [0.4, 0.5) is 0 Å². The summed E-state index contributed by atoms with van der Waals surface area (Å²) in [6.45, 7) is 0. The van der Waals surface area contributed by atoms with E-state index in [-0.39, 0.29) is 10.6 Å². The lowest BCUT2D eigenvalue weighted by molar-refractivity contribution is 0.0997. The van der Waals surface area contributed by atoms with Gasteiger partial charge in [-0.05, 0) is 11.4 Å². The number of primary amides is 1. The summed E-state index contributed by atoms with van der Waals surface area (Å²) in [4.78, 5) is 10.3. The van der Waals surface area contributed by atoms with E-state index >= 15 is 0 Å². The van der Waals surface area contributed by atoms with Crippen molar-refractivity contribution >= 4 is 17.2 Å². The SMILES string of the molecule is NC(=O)c1ccsc1[O]. The maximum absolute atomic E-state index is 10.6. The van der Waals surface area contributed by atoms with Gasteiger partial charge >= 0.3 is 0 Å². The maximum Gasteiger partial charge on any atom is 0.253 e. The van der Waals surface area contributed by atoms with Crippen molar-refractivity contribution in [1.82, 2.24) is 0 Å². The number of amides is 1. The molecule has 1 aromatic heterocycles. The fourth-order valence-corrected chi connectivity index (χ4v) is 1.10. The first-order chi connectivity index (χ1) is 4.22. The first kappa shape index (κ1) is 6.10. The lowest BCUT2D eigenvalue weighted by atomic mass is 10.3. The highest BCUT2D eigenvalue weighted by molar-refractivity contribution is 7.12. The minimum absolute atomic E-state index is 0.0833. The molecule has 0 bridgehead atoms. The second-order valence-corrected chi connectivity index (χ2v) is 2.36. The van der Waals surface area contributed by atoms with E-state index in [4.69, 9.17) is 5.73 Å². The molecule has 0 saturated heterocycles. The molecule has 1 heterocycles. The second kappa shape index (κ2) is 2.06. The summed E-state index contributed by atoms with van der Waals surface area (Å²) in [5.74, 6) is -0.652. The molecule has 0 aromatic carbocycles. The normalized spacial score (nSPS) is 9.33. The zero-order chi connectivity index (χ0) is 6.85. The van der Waals surface area contributed by atoms with Crippen LogP contribution in [-0.4, -0.2) is 5.91 Å². The molecule has 0 fully saturated rings. The number of nitrogens with two attached hydrogens (primary N) is 1. The molecule has 1 rings (SSSR count). The van der Waals surface area contributed by atoms with Gasteiger partial charge in [0.15, 0.2) is 0 Å². The largest absolute Gasteiger partial charge is 0.365 e. The van der Waals surface area contributed by atoms with Crippen molar-refractivity contribution in [2.24, 2.45) is 5.73 Å². The quantitative estimate of drug-likeness (QED) is 0.624. The highest BCUT2D eigenvalue weighted by Gasteiger charge is 2.08. The molecule has 0 atom stereocenters. The monoisotopic (exact) mass is 142 g/mol. The molecule has 4 heteroatoms. The average Bonchev–Trinajstić information content (AvgIpc) is 2.13. The number of carbonyl (C=O) groups excluding carboxylic acids is 1. The van der Waals surface area contributed by atoms with Crippen LogP contribution in [0.15, 0.2) is 11.4 Å². The van der Waals surface area contributed by atoms with Crippen molar-refractivity contribution in [2.45, 2.75) is 0 Å². The molecule has 9 heavy (non-hydrogen) atoms. The van der Waals surface area contributed by atoms with Gasteiger partial charge in [-0.25, -0.2) is 0 Å². The van der Waals surface area contributed by atoms with Crippen molar-refractivity contribution in [3.8, 4) is 5.06 Å². The number of carbonyl (C=O) groups is 1. The van der Waals surface area contributed by atoms with Gasteiger partial charge in [0.05, 0.1) is 5.56 Å². The Labute approximate surface area is 55.7 Å². The predicted molar refractivity (Wildman–Crippen MR) is 33.0 cm³/mol. The van der Waals surface area contributed by atoms with Gasteiger partial charge in [-0.2, -0.15) is 0 Å². The fourth-order valence-electron chi connectivity index (χ4n) is 0.478. The first-order valence-electron chi connectivity index (χ1n) is 2.26. The number of rotatable bonds is 1. The molecular formula is C5H4NO2S. The van der Waals surface area contributed by atoms with Crippen LogP contribution >= 0.6 is 11.3 Å². The van der Waals surface area contributed by atoms with Crippen LogP contribution in [0.5, 0.6) is 5.06 Å². The number of hydrogen-bond acceptors (Lipinski definition) is 2. The topological polar surface area (TPSA) is 63.0 Å². The summed E-state index contributed by atoms with van der Waals surface area (Å²) in [6.07, 6.45) is 0. The Balaban J connectivity index is 3.08. The number of thiophene rings is 1. The van der Waals surface area contributed by atoms with Crippen LogP contribution in [0.1, 0.15) is 10.4 Å². The molecule has 0 spiro atoms. The minimum Gasteiger partial charge on any atom is -0.365 e. The minimum atomic E-state index is -0.652. The average molecular weight is 142 g/mol. The van der Waals surface area contributed by atoms with E-state index in [1.807, 2.05) is 0 Å². The standard InChI is InChI=1S/C5H4NO2S/c6-4(7)3-1-2-9-5(3)8/h1-2H,(H2,6,7). The Hall–Kier alpha value is -1.03. The highest BCUT2D eigenvalue weighted by Crippen LogP contribution is 2.23. The number of hydrogen-bond donors (Lipinski definition) is 1. The fraction of sp³-hybridized carbons (Fsp3) is 0. The van der Waals surface area contributed by atoms with E-state index in [0.29, 0.717) is 0 Å². The van der Waals surface area contributed by atoms with Crippen LogP contribution < -0.4 is 5.73 Å². The van der Waals surface area contributed by atoms with Crippen LogP contribution in [-0.2, 0) is 5.11 Å². The van der Waals surface area contributed by atoms with Crippen LogP contribution in [0, 0.1) is 0 Å². The molecule has 0 aliphatic rings. The summed E-state index contributed by atoms with van der Waals surface area (Å²) in [5.41, 5.74) is 4.91. The van der Waals surface area contributed by atoms with Crippen molar-refractivity contribution in [1.29, 1.82) is 0 Å². The molecule has 0 aliphatic carbocycles. The molecule has 1 radical (unpaired) electrons. The molecule has 3 nitrogen and oxygen atoms in total. The van der Waals surface area contributed by atoms with Gasteiger partial charge in [-0.3, -0.25) is 9.90 Å². The van der Waals surface area contributed by atoms with Gasteiger partial charge in [0.2, 0.25) is 5.06 Å². The van der Waals surface area contributed by atoms with E-state index in [2.05, 4.69) is 0 Å². The van der Waals surface area contributed by atoms with Crippen molar-refractivity contribution < 1.29 is 9.90 Å². The van der Waals surface area contributed by atoms with Crippen LogP contribution in [0.25, 0.3) is 0 Å². The second-order valence-electron chi connectivity index (χ2n) is 1.49. The van der Waals surface area contributed by atoms with Gasteiger partial charge in [0.1, 0.15) is 0 Å². The van der Waals surface area contributed by atoms with E-state index in [1.165, 1.54) is 6.07 Å². The van der Waals surface area contributed by atoms with Crippen molar-refractivity contribution in [3.63, 3.8) is 0 Å². The zero-order valence-corrected chi connectivity index (χ0v) is 5.27. The zero-order valence-electron chi connectivity index (χ0n) is 4.46. The van der Waals surface area contributed by atoms with Gasteiger partial charge in [-0.15, -0.1) is 11.3 Å². The lowest BCUT2D eigenvalue weighted by Gasteiger charge is -1.83. The third-order valence-electron chi connectivity index (χ3n) is 0.895. The molecule has 0 saturated carbocycles. The Bertz CT molecular complexity index is 231. The predicted octanol–water partition coefficient (Wildman–Crippen LogP) is 0.991. The maximum atomic E-state index is 10.6. The Kier molecular flexibility index (Phi) is 1.40. The molecule has 47 valence electrons. The van der Waals surface area contributed by atoms with Crippen molar-refractivity contribution in [2.75, 3.05) is 0 Å². The van der Waals surface area contributed by atoms with E-state index in [9.17, 15) is 9.90 Å². The summed E-state index contributed by atoms with van der Waals surface area (Å²) in [6, 6.07) is 1.43. The van der Waals surface area contributed by atoms with Gasteiger partial charge in [-0.1, -0.05) is 0 Å². The lowest BCUT2D eigenvalue weighted by Crippen LogP contribution is -2.09. The van der Waals surface area contributed by atoms with Gasteiger partial charge in [0, 0.05) is 0 Å². The Morgan fingerprint density at radius 1 is 1.67 bits per heavy atom. The van der Waals surface area contributed by atoms with Crippen molar-refractivity contribution in [3.05, 3.63) is 17.0 Å². The Morgan fingerprint density at radius 2 is 2.33 bits per heavy atom. The van der Waals surface area contributed by atoms with Gasteiger partial charge in [0.25, 0.3) is 5.91 Å². The summed E-state index contributed by atoms with van der Waals surface area (Å²) < 4.78 is 0.